The summed E-state index contributed by atoms with van der Waals surface area (Å²) in [6.45, 7) is 3.92. The van der Waals surface area contributed by atoms with Gasteiger partial charge in [-0.05, 0) is 6.42 Å². The number of carbonyl (C=O) groups is 1. The Balaban J connectivity index is 0. The van der Waals surface area contributed by atoms with E-state index in [1.54, 1.807) is 0 Å². The summed E-state index contributed by atoms with van der Waals surface area (Å²) in [5, 5.41) is 0. The van der Waals surface area contributed by atoms with Crippen LogP contribution in [0.4, 0.5) is 0 Å². The minimum absolute atomic E-state index is 0. The lowest BCUT2D eigenvalue weighted by Crippen LogP contribution is -1.91. The molecular weight excluding hydrogens is 124 g/mol. The van der Waals surface area contributed by atoms with Crippen LogP contribution in [0.1, 0.15) is 33.1 Å². The Bertz CT molecular complexity index is 61.5. The fourth-order valence-corrected chi connectivity index (χ4v) is 0.456. The largest absolute Gasteiger partial charge is 0.300 e. The predicted octanol–water partition coefficient (Wildman–Crippen LogP) is 2.19. The molecule has 0 aromatic rings. The monoisotopic (exact) mass is 136 g/mol. The highest BCUT2D eigenvalue weighted by Crippen LogP contribution is 1.90. The molecule has 0 heterocycles. The van der Waals surface area contributed by atoms with Gasteiger partial charge in [-0.2, -0.15) is 0 Å². The normalized spacial score (nSPS) is 7.75. The van der Waals surface area contributed by atoms with Crippen molar-refractivity contribution < 1.29 is 4.79 Å². The molecule has 0 saturated carbocycles. The van der Waals surface area contributed by atoms with E-state index in [2.05, 4.69) is 0 Å². The molecule has 2 heteroatoms. The summed E-state index contributed by atoms with van der Waals surface area (Å²) in [6.07, 6.45) is 2.46. The number of ketones is 1. The van der Waals surface area contributed by atoms with Crippen molar-refractivity contribution in [3.8, 4) is 0 Å². The number of Topliss-reactive ketones (excluding diaryl/α,β-unsaturated/α-hetero) is 1. The highest BCUT2D eigenvalue weighted by atomic mass is 35.5. The quantitative estimate of drug-likeness (QED) is 0.581. The molecule has 0 bridgehead atoms. The van der Waals surface area contributed by atoms with Gasteiger partial charge in [0.05, 0.1) is 0 Å². The molecule has 0 aliphatic rings. The zero-order chi connectivity index (χ0) is 5.70. The van der Waals surface area contributed by atoms with E-state index in [9.17, 15) is 4.79 Å². The molecular formula is C6H13ClO. The molecule has 0 unspecified atom stereocenters. The maximum absolute atomic E-state index is 10.4. The molecule has 0 aliphatic carbocycles. The van der Waals surface area contributed by atoms with Crippen LogP contribution in [0.15, 0.2) is 0 Å². The van der Waals surface area contributed by atoms with Crippen molar-refractivity contribution in [3.05, 3.63) is 0 Å². The van der Waals surface area contributed by atoms with Gasteiger partial charge in [0.15, 0.2) is 0 Å². The zero-order valence-electron chi connectivity index (χ0n) is 5.44. The van der Waals surface area contributed by atoms with Gasteiger partial charge in [0, 0.05) is 12.8 Å². The van der Waals surface area contributed by atoms with Crippen LogP contribution >= 0.6 is 12.4 Å². The van der Waals surface area contributed by atoms with E-state index in [0.29, 0.717) is 12.2 Å². The van der Waals surface area contributed by atoms with E-state index in [-0.39, 0.29) is 12.4 Å². The smallest absolute Gasteiger partial charge is 0.132 e. The van der Waals surface area contributed by atoms with Gasteiger partial charge in [-0.15, -0.1) is 12.4 Å². The van der Waals surface area contributed by atoms with Gasteiger partial charge >= 0.3 is 0 Å². The number of rotatable bonds is 3. The van der Waals surface area contributed by atoms with Crippen LogP contribution in [0.3, 0.4) is 0 Å². The van der Waals surface area contributed by atoms with Gasteiger partial charge in [-0.1, -0.05) is 13.8 Å². The van der Waals surface area contributed by atoms with Crippen LogP contribution in [-0.4, -0.2) is 5.78 Å². The fourth-order valence-electron chi connectivity index (χ4n) is 0.456. The van der Waals surface area contributed by atoms with Gasteiger partial charge in [0.25, 0.3) is 0 Å². The Morgan fingerprint density at radius 1 is 1.38 bits per heavy atom. The van der Waals surface area contributed by atoms with E-state index >= 15 is 0 Å². The third-order valence-electron chi connectivity index (χ3n) is 0.923. The molecule has 0 saturated heterocycles. The van der Waals surface area contributed by atoms with Gasteiger partial charge in [-0.3, -0.25) is 4.79 Å². The second kappa shape index (κ2) is 6.96. The number of carbonyl (C=O) groups excluding carboxylic acids is 1. The minimum atomic E-state index is 0. The molecule has 0 aromatic heterocycles. The lowest BCUT2D eigenvalue weighted by molar-refractivity contribution is -0.118. The standard InChI is InChI=1S/C6H12O.ClH/c1-3-5-6(7)4-2;/h3-5H2,1-2H3;1H. The van der Waals surface area contributed by atoms with E-state index in [1.807, 2.05) is 13.8 Å². The van der Waals surface area contributed by atoms with E-state index in [0.717, 1.165) is 12.8 Å². The van der Waals surface area contributed by atoms with Crippen molar-refractivity contribution in [2.24, 2.45) is 0 Å². The van der Waals surface area contributed by atoms with Gasteiger partial charge in [0.1, 0.15) is 5.78 Å². The molecule has 8 heavy (non-hydrogen) atoms. The van der Waals surface area contributed by atoms with Crippen LogP contribution in [0, 0.1) is 0 Å². The highest BCUT2D eigenvalue weighted by Gasteiger charge is 1.91. The maximum Gasteiger partial charge on any atom is 0.132 e. The van der Waals surface area contributed by atoms with Crippen molar-refractivity contribution in [2.45, 2.75) is 33.1 Å². The first-order valence-electron chi connectivity index (χ1n) is 2.83. The van der Waals surface area contributed by atoms with Crippen LogP contribution in [0.5, 0.6) is 0 Å². The summed E-state index contributed by atoms with van der Waals surface area (Å²) in [7, 11) is 0. The van der Waals surface area contributed by atoms with Crippen molar-refractivity contribution in [1.29, 1.82) is 0 Å². The summed E-state index contributed by atoms with van der Waals surface area (Å²) >= 11 is 0. The summed E-state index contributed by atoms with van der Waals surface area (Å²) in [6, 6.07) is 0. The second-order valence-electron chi connectivity index (χ2n) is 1.64. The molecule has 0 fully saturated rings. The zero-order valence-corrected chi connectivity index (χ0v) is 6.25. The van der Waals surface area contributed by atoms with Crippen LogP contribution in [-0.2, 0) is 4.79 Å². The first kappa shape index (κ1) is 10.9. The number of halogens is 1. The fraction of sp³-hybridized carbons (Fsp3) is 0.833. The predicted molar refractivity (Wildman–Crippen MR) is 37.5 cm³/mol. The molecule has 0 aliphatic heterocycles. The van der Waals surface area contributed by atoms with Crippen LogP contribution in [0.2, 0.25) is 0 Å². The van der Waals surface area contributed by atoms with E-state index in [1.165, 1.54) is 0 Å². The number of hydrogen-bond acceptors (Lipinski definition) is 1. The van der Waals surface area contributed by atoms with Gasteiger partial charge in [-0.25, -0.2) is 0 Å². The first-order valence-corrected chi connectivity index (χ1v) is 2.83. The lowest BCUT2D eigenvalue weighted by Gasteiger charge is -1.87. The van der Waals surface area contributed by atoms with Gasteiger partial charge < -0.3 is 0 Å². The molecule has 0 amide bonds. The van der Waals surface area contributed by atoms with E-state index in [4.69, 9.17) is 0 Å². The molecule has 0 N–H and O–H groups in total. The highest BCUT2D eigenvalue weighted by molar-refractivity contribution is 5.85. The van der Waals surface area contributed by atoms with Crippen LogP contribution in [0.25, 0.3) is 0 Å². The molecule has 0 spiro atoms. The summed E-state index contributed by atoms with van der Waals surface area (Å²) in [5.74, 6) is 0.377. The maximum atomic E-state index is 10.4. The Labute approximate surface area is 56.9 Å². The van der Waals surface area contributed by atoms with Crippen LogP contribution < -0.4 is 0 Å². The Morgan fingerprint density at radius 3 is 2.00 bits per heavy atom. The van der Waals surface area contributed by atoms with Crippen molar-refractivity contribution >= 4 is 18.2 Å². The lowest BCUT2D eigenvalue weighted by atomic mass is 10.2. The summed E-state index contributed by atoms with van der Waals surface area (Å²) in [4.78, 5) is 10.4. The topological polar surface area (TPSA) is 17.1 Å². The van der Waals surface area contributed by atoms with Crippen molar-refractivity contribution in [1.82, 2.24) is 0 Å². The van der Waals surface area contributed by atoms with Crippen molar-refractivity contribution in [2.75, 3.05) is 0 Å². The molecule has 0 radical (unpaired) electrons. The Kier molecular flexibility index (Phi) is 9.44. The molecule has 50 valence electrons. The molecule has 0 aromatic carbocycles. The second-order valence-corrected chi connectivity index (χ2v) is 1.64. The average Bonchev–Trinajstić information content (AvgIpc) is 1.68. The van der Waals surface area contributed by atoms with Gasteiger partial charge in [0.2, 0.25) is 0 Å². The average molecular weight is 137 g/mol. The molecule has 0 rings (SSSR count). The third-order valence-corrected chi connectivity index (χ3v) is 0.923. The summed E-state index contributed by atoms with van der Waals surface area (Å²) < 4.78 is 0. The van der Waals surface area contributed by atoms with Crippen molar-refractivity contribution in [3.63, 3.8) is 0 Å². The Morgan fingerprint density at radius 2 is 1.88 bits per heavy atom. The SMILES string of the molecule is CCCC(=O)CC.Cl. The number of hydrogen-bond donors (Lipinski definition) is 0. The summed E-state index contributed by atoms with van der Waals surface area (Å²) in [5.41, 5.74) is 0. The third kappa shape index (κ3) is 5.96. The molecule has 1 nitrogen and oxygen atoms in total. The molecule has 0 atom stereocenters. The first-order chi connectivity index (χ1) is 3.31. The van der Waals surface area contributed by atoms with E-state index < -0.39 is 0 Å². The Hall–Kier alpha value is -0.0400. The minimum Gasteiger partial charge on any atom is -0.300 e.